The van der Waals surface area contributed by atoms with Crippen LogP contribution in [0.25, 0.3) is 11.3 Å². The molecule has 3 aromatic rings. The summed E-state index contributed by atoms with van der Waals surface area (Å²) in [5, 5.41) is 3.87. The van der Waals surface area contributed by atoms with E-state index in [9.17, 15) is 4.79 Å². The first-order valence-electron chi connectivity index (χ1n) is 9.03. The zero-order valence-corrected chi connectivity index (χ0v) is 17.5. The zero-order valence-electron chi connectivity index (χ0n) is 16.0. The normalized spacial score (nSPS) is 12.5. The fourth-order valence-electron chi connectivity index (χ4n) is 3.08. The topological polar surface area (TPSA) is 69.7 Å². The number of halogens is 1. The van der Waals surface area contributed by atoms with Gasteiger partial charge in [-0.3, -0.25) is 4.79 Å². The lowest BCUT2D eigenvalue weighted by atomic mass is 10.1. The first-order chi connectivity index (χ1) is 14.0. The van der Waals surface area contributed by atoms with Crippen molar-refractivity contribution in [3.63, 3.8) is 0 Å². The number of benzene rings is 2. The first-order valence-corrected chi connectivity index (χ1v) is 10.2. The Morgan fingerprint density at radius 2 is 2.00 bits per heavy atom. The Morgan fingerprint density at radius 3 is 2.76 bits per heavy atom. The molecule has 0 radical (unpaired) electrons. The predicted molar refractivity (Wildman–Crippen MR) is 114 cm³/mol. The van der Waals surface area contributed by atoms with Crippen molar-refractivity contribution >= 4 is 34.0 Å². The Kier molecular flexibility index (Phi) is 5.60. The van der Waals surface area contributed by atoms with E-state index in [1.165, 1.54) is 11.3 Å². The van der Waals surface area contributed by atoms with Crippen molar-refractivity contribution < 1.29 is 19.0 Å². The van der Waals surface area contributed by atoms with Crippen molar-refractivity contribution in [1.29, 1.82) is 0 Å². The smallest absolute Gasteiger partial charge is 0.230 e. The van der Waals surface area contributed by atoms with Crippen LogP contribution in [-0.2, 0) is 11.2 Å². The lowest BCUT2D eigenvalue weighted by Gasteiger charge is -2.20. The minimum atomic E-state index is -0.173. The van der Waals surface area contributed by atoms with Gasteiger partial charge < -0.3 is 19.5 Å². The number of aryl methyl sites for hydroxylation is 1. The lowest BCUT2D eigenvalue weighted by molar-refractivity contribution is -0.115. The number of carbonyl (C=O) groups is 1. The van der Waals surface area contributed by atoms with Gasteiger partial charge in [-0.15, -0.1) is 11.3 Å². The molecule has 1 aliphatic rings. The highest BCUT2D eigenvalue weighted by Gasteiger charge is 2.18. The number of methoxy groups -OCH3 is 1. The molecule has 29 heavy (non-hydrogen) atoms. The quantitative estimate of drug-likeness (QED) is 0.633. The average molecular weight is 431 g/mol. The number of nitrogens with one attached hydrogen (secondary N) is 1. The molecular formula is C21H19ClN2O4S. The molecule has 0 saturated heterocycles. The molecule has 0 unspecified atom stereocenters. The second kappa shape index (κ2) is 8.31. The number of rotatable bonds is 5. The largest absolute Gasteiger partial charge is 0.497 e. The van der Waals surface area contributed by atoms with E-state index in [2.05, 4.69) is 10.3 Å². The number of hydrogen-bond acceptors (Lipinski definition) is 6. The highest BCUT2D eigenvalue weighted by atomic mass is 35.5. The molecule has 0 atom stereocenters. The third kappa shape index (κ3) is 4.31. The van der Waals surface area contributed by atoms with Gasteiger partial charge in [0.05, 0.1) is 24.2 Å². The first kappa shape index (κ1) is 19.5. The molecule has 1 aliphatic heterocycles. The van der Waals surface area contributed by atoms with Gasteiger partial charge in [0, 0.05) is 10.4 Å². The van der Waals surface area contributed by atoms with Crippen LogP contribution in [0.2, 0.25) is 5.02 Å². The number of thiazole rings is 1. The molecule has 0 bridgehead atoms. The molecule has 1 aromatic heterocycles. The summed E-state index contributed by atoms with van der Waals surface area (Å²) in [5.74, 6) is 1.71. The third-order valence-electron chi connectivity index (χ3n) is 4.43. The van der Waals surface area contributed by atoms with E-state index in [1.807, 2.05) is 31.2 Å². The SMILES string of the molecule is COc1ccc(-c2nc(NC(=O)Cc3cc(Cl)c4c(c3)OCCO4)sc2C)cc1. The highest BCUT2D eigenvalue weighted by Crippen LogP contribution is 2.38. The van der Waals surface area contributed by atoms with Crippen molar-refractivity contribution in [2.75, 3.05) is 25.6 Å². The van der Waals surface area contributed by atoms with Crippen LogP contribution in [0, 0.1) is 6.92 Å². The van der Waals surface area contributed by atoms with Crippen LogP contribution in [-0.4, -0.2) is 31.2 Å². The van der Waals surface area contributed by atoms with Crippen molar-refractivity contribution in [2.24, 2.45) is 0 Å². The summed E-state index contributed by atoms with van der Waals surface area (Å²) in [6, 6.07) is 11.2. The summed E-state index contributed by atoms with van der Waals surface area (Å²) in [6.45, 7) is 2.91. The third-order valence-corrected chi connectivity index (χ3v) is 5.59. The van der Waals surface area contributed by atoms with Crippen molar-refractivity contribution in [3.05, 3.63) is 51.9 Å². The highest BCUT2D eigenvalue weighted by molar-refractivity contribution is 7.16. The van der Waals surface area contributed by atoms with Crippen molar-refractivity contribution in [2.45, 2.75) is 13.3 Å². The number of hydrogen-bond donors (Lipinski definition) is 1. The van der Waals surface area contributed by atoms with Crippen LogP contribution in [0.3, 0.4) is 0 Å². The number of fused-ring (bicyclic) bond motifs is 1. The summed E-state index contributed by atoms with van der Waals surface area (Å²) >= 11 is 7.69. The summed E-state index contributed by atoms with van der Waals surface area (Å²) < 4.78 is 16.3. The minimum Gasteiger partial charge on any atom is -0.497 e. The van der Waals surface area contributed by atoms with E-state index < -0.39 is 0 Å². The van der Waals surface area contributed by atoms with Crippen LogP contribution in [0.4, 0.5) is 5.13 Å². The molecular weight excluding hydrogens is 412 g/mol. The maximum atomic E-state index is 12.5. The van der Waals surface area contributed by atoms with E-state index in [0.717, 1.165) is 27.4 Å². The number of nitrogens with zero attached hydrogens (tertiary/aromatic N) is 1. The van der Waals surface area contributed by atoms with Gasteiger partial charge >= 0.3 is 0 Å². The molecule has 2 aromatic carbocycles. The molecule has 0 aliphatic carbocycles. The fraction of sp³-hybridized carbons (Fsp3) is 0.238. The van der Waals surface area contributed by atoms with Crippen LogP contribution in [0.15, 0.2) is 36.4 Å². The molecule has 150 valence electrons. The maximum Gasteiger partial charge on any atom is 0.230 e. The second-order valence-electron chi connectivity index (χ2n) is 6.48. The van der Waals surface area contributed by atoms with Crippen molar-refractivity contribution in [1.82, 2.24) is 4.98 Å². The van der Waals surface area contributed by atoms with Gasteiger partial charge in [-0.1, -0.05) is 11.6 Å². The number of amides is 1. The Balaban J connectivity index is 1.47. The Hall–Kier alpha value is -2.77. The molecule has 0 saturated carbocycles. The number of carbonyl (C=O) groups excluding carboxylic acids is 1. The Labute approximate surface area is 177 Å². The van der Waals surface area contributed by atoms with Gasteiger partial charge in [0.1, 0.15) is 19.0 Å². The van der Waals surface area contributed by atoms with Crippen LogP contribution in [0.5, 0.6) is 17.2 Å². The molecule has 1 amide bonds. The monoisotopic (exact) mass is 430 g/mol. The van der Waals surface area contributed by atoms with E-state index in [4.69, 9.17) is 25.8 Å². The fourth-order valence-corrected chi connectivity index (χ4v) is 4.22. The van der Waals surface area contributed by atoms with Gasteiger partial charge in [-0.2, -0.15) is 0 Å². The van der Waals surface area contributed by atoms with Gasteiger partial charge in [0.2, 0.25) is 5.91 Å². The molecule has 6 nitrogen and oxygen atoms in total. The summed E-state index contributed by atoms with van der Waals surface area (Å²) in [7, 11) is 1.63. The lowest BCUT2D eigenvalue weighted by Crippen LogP contribution is -2.17. The molecule has 8 heteroatoms. The van der Waals surface area contributed by atoms with E-state index in [0.29, 0.717) is 34.9 Å². The predicted octanol–water partition coefficient (Wildman–Crippen LogP) is 4.73. The number of anilines is 1. The minimum absolute atomic E-state index is 0.160. The van der Waals surface area contributed by atoms with Crippen LogP contribution < -0.4 is 19.5 Å². The van der Waals surface area contributed by atoms with Crippen LogP contribution >= 0.6 is 22.9 Å². The molecule has 0 fully saturated rings. The standard InChI is InChI=1S/C21H19ClN2O4S/c1-12-19(14-3-5-15(26-2)6-4-14)24-21(29-12)23-18(25)11-13-9-16(22)20-17(10-13)27-7-8-28-20/h3-6,9-10H,7-8,11H2,1-2H3,(H,23,24,25). The van der Waals surface area contributed by atoms with E-state index in [1.54, 1.807) is 19.2 Å². The summed E-state index contributed by atoms with van der Waals surface area (Å²) in [6.07, 6.45) is 0.160. The maximum absolute atomic E-state index is 12.5. The number of aromatic nitrogens is 1. The number of ether oxygens (including phenoxy) is 3. The van der Waals surface area contributed by atoms with Crippen molar-refractivity contribution in [3.8, 4) is 28.5 Å². The molecule has 2 heterocycles. The average Bonchev–Trinajstić information content (AvgIpc) is 3.08. The summed E-state index contributed by atoms with van der Waals surface area (Å²) in [5.41, 5.74) is 2.56. The van der Waals surface area contributed by atoms with Gasteiger partial charge in [0.25, 0.3) is 0 Å². The molecule has 1 N–H and O–H groups in total. The Morgan fingerprint density at radius 1 is 1.24 bits per heavy atom. The van der Waals surface area contributed by atoms with E-state index in [-0.39, 0.29) is 12.3 Å². The molecule has 0 spiro atoms. The Bertz CT molecular complexity index is 1050. The second-order valence-corrected chi connectivity index (χ2v) is 8.09. The van der Waals surface area contributed by atoms with Crippen LogP contribution in [0.1, 0.15) is 10.4 Å². The van der Waals surface area contributed by atoms with Gasteiger partial charge in [-0.05, 0) is 48.9 Å². The van der Waals surface area contributed by atoms with Gasteiger partial charge in [0.15, 0.2) is 16.6 Å². The molecule has 4 rings (SSSR count). The zero-order chi connectivity index (χ0) is 20.4. The van der Waals surface area contributed by atoms with E-state index >= 15 is 0 Å². The summed E-state index contributed by atoms with van der Waals surface area (Å²) in [4.78, 5) is 18.1. The van der Waals surface area contributed by atoms with Gasteiger partial charge in [-0.25, -0.2) is 4.98 Å².